The number of nitrogens with zero attached hydrogens (tertiary/aromatic N) is 1. The standard InChI is InChI=1S/C13H25N3O2/c1-12(2,3)11(17)15-13(10(14)16-18)8-6-4-5-7-9-13/h18H,4-9H2,1-3H3,(H2,14,16)(H,15,17). The van der Waals surface area contributed by atoms with E-state index in [2.05, 4.69) is 10.5 Å². The minimum atomic E-state index is -0.671. The fourth-order valence-electron chi connectivity index (χ4n) is 2.28. The molecular weight excluding hydrogens is 230 g/mol. The molecule has 18 heavy (non-hydrogen) atoms. The summed E-state index contributed by atoms with van der Waals surface area (Å²) >= 11 is 0. The van der Waals surface area contributed by atoms with E-state index in [1.54, 1.807) is 0 Å². The maximum absolute atomic E-state index is 12.2. The first-order chi connectivity index (χ1) is 8.32. The van der Waals surface area contributed by atoms with E-state index in [4.69, 9.17) is 10.9 Å². The average molecular weight is 255 g/mol. The molecule has 1 fully saturated rings. The molecule has 4 N–H and O–H groups in total. The Morgan fingerprint density at radius 1 is 1.22 bits per heavy atom. The van der Waals surface area contributed by atoms with Crippen molar-refractivity contribution in [1.82, 2.24) is 5.32 Å². The summed E-state index contributed by atoms with van der Waals surface area (Å²) in [5.41, 5.74) is 4.68. The van der Waals surface area contributed by atoms with Crippen LogP contribution in [0, 0.1) is 5.41 Å². The van der Waals surface area contributed by atoms with Crippen LogP contribution in [0.2, 0.25) is 0 Å². The van der Waals surface area contributed by atoms with Gasteiger partial charge in [0.1, 0.15) is 5.54 Å². The Labute approximate surface area is 109 Å². The third-order valence-electron chi connectivity index (χ3n) is 3.59. The van der Waals surface area contributed by atoms with Gasteiger partial charge in [-0.2, -0.15) is 0 Å². The van der Waals surface area contributed by atoms with Crippen LogP contribution in [-0.4, -0.2) is 22.5 Å². The van der Waals surface area contributed by atoms with Crippen LogP contribution in [0.3, 0.4) is 0 Å². The molecule has 0 heterocycles. The third-order valence-corrected chi connectivity index (χ3v) is 3.59. The van der Waals surface area contributed by atoms with Gasteiger partial charge in [0.2, 0.25) is 5.91 Å². The molecule has 0 aromatic heterocycles. The lowest BCUT2D eigenvalue weighted by atomic mass is 9.86. The van der Waals surface area contributed by atoms with Gasteiger partial charge in [0, 0.05) is 5.41 Å². The summed E-state index contributed by atoms with van der Waals surface area (Å²) < 4.78 is 0. The molecule has 0 aromatic carbocycles. The van der Waals surface area contributed by atoms with Gasteiger partial charge in [-0.15, -0.1) is 0 Å². The average Bonchev–Trinajstić information content (AvgIpc) is 2.53. The van der Waals surface area contributed by atoms with Gasteiger partial charge in [-0.25, -0.2) is 0 Å². The fourth-order valence-corrected chi connectivity index (χ4v) is 2.28. The van der Waals surface area contributed by atoms with Crippen LogP contribution in [0.25, 0.3) is 0 Å². The van der Waals surface area contributed by atoms with Gasteiger partial charge >= 0.3 is 0 Å². The van der Waals surface area contributed by atoms with Crippen LogP contribution in [0.15, 0.2) is 5.16 Å². The van der Waals surface area contributed by atoms with Crippen LogP contribution >= 0.6 is 0 Å². The lowest BCUT2D eigenvalue weighted by molar-refractivity contribution is -0.130. The molecule has 1 aliphatic rings. The Morgan fingerprint density at radius 3 is 2.11 bits per heavy atom. The monoisotopic (exact) mass is 255 g/mol. The second-order valence-corrected chi connectivity index (χ2v) is 6.19. The largest absolute Gasteiger partial charge is 0.409 e. The second kappa shape index (κ2) is 5.59. The van der Waals surface area contributed by atoms with Crippen LogP contribution in [0.4, 0.5) is 0 Å². The van der Waals surface area contributed by atoms with Crippen molar-refractivity contribution in [3.63, 3.8) is 0 Å². The van der Waals surface area contributed by atoms with Gasteiger partial charge in [0.25, 0.3) is 0 Å². The molecule has 0 spiro atoms. The molecule has 0 aromatic rings. The van der Waals surface area contributed by atoms with E-state index in [-0.39, 0.29) is 11.7 Å². The molecule has 0 aliphatic heterocycles. The maximum Gasteiger partial charge on any atom is 0.226 e. The van der Waals surface area contributed by atoms with E-state index in [1.807, 2.05) is 20.8 Å². The number of nitrogens with two attached hydrogens (primary N) is 1. The first kappa shape index (κ1) is 14.8. The van der Waals surface area contributed by atoms with Crippen molar-refractivity contribution in [1.29, 1.82) is 0 Å². The van der Waals surface area contributed by atoms with Crippen molar-refractivity contribution in [2.24, 2.45) is 16.3 Å². The minimum absolute atomic E-state index is 0.0593. The van der Waals surface area contributed by atoms with Crippen molar-refractivity contribution >= 4 is 11.7 Å². The maximum atomic E-state index is 12.2. The summed E-state index contributed by atoms with van der Waals surface area (Å²) in [6.45, 7) is 5.58. The van der Waals surface area contributed by atoms with Gasteiger partial charge in [-0.1, -0.05) is 51.6 Å². The molecule has 5 heteroatoms. The summed E-state index contributed by atoms with van der Waals surface area (Å²) in [7, 11) is 0. The predicted molar refractivity (Wildman–Crippen MR) is 71.4 cm³/mol. The highest BCUT2D eigenvalue weighted by molar-refractivity contribution is 5.95. The Hall–Kier alpha value is -1.26. The van der Waals surface area contributed by atoms with Gasteiger partial charge in [0.05, 0.1) is 0 Å². The first-order valence-electron chi connectivity index (χ1n) is 6.62. The Kier molecular flexibility index (Phi) is 4.59. The highest BCUT2D eigenvalue weighted by Crippen LogP contribution is 2.29. The van der Waals surface area contributed by atoms with Gasteiger partial charge in [-0.05, 0) is 12.8 Å². The zero-order chi connectivity index (χ0) is 13.8. The molecule has 0 bridgehead atoms. The van der Waals surface area contributed by atoms with Crippen molar-refractivity contribution in [3.05, 3.63) is 0 Å². The van der Waals surface area contributed by atoms with E-state index in [0.29, 0.717) is 0 Å². The highest BCUT2D eigenvalue weighted by atomic mass is 16.4. The molecule has 1 rings (SSSR count). The number of amidine groups is 1. The van der Waals surface area contributed by atoms with Crippen molar-refractivity contribution in [3.8, 4) is 0 Å². The second-order valence-electron chi connectivity index (χ2n) is 6.19. The number of nitrogens with one attached hydrogen (secondary N) is 1. The highest BCUT2D eigenvalue weighted by Gasteiger charge is 2.39. The normalized spacial score (nSPS) is 21.2. The lowest BCUT2D eigenvalue weighted by Crippen LogP contribution is -2.59. The van der Waals surface area contributed by atoms with Gasteiger partial charge in [0.15, 0.2) is 5.84 Å². The number of amides is 1. The fraction of sp³-hybridized carbons (Fsp3) is 0.846. The van der Waals surface area contributed by atoms with E-state index < -0.39 is 11.0 Å². The topological polar surface area (TPSA) is 87.7 Å². The van der Waals surface area contributed by atoms with Crippen molar-refractivity contribution in [2.75, 3.05) is 0 Å². The van der Waals surface area contributed by atoms with E-state index >= 15 is 0 Å². The molecule has 1 aliphatic carbocycles. The van der Waals surface area contributed by atoms with Gasteiger partial charge in [-0.3, -0.25) is 4.79 Å². The first-order valence-corrected chi connectivity index (χ1v) is 6.62. The summed E-state index contributed by atoms with van der Waals surface area (Å²) in [6, 6.07) is 0. The van der Waals surface area contributed by atoms with Crippen LogP contribution < -0.4 is 11.1 Å². The zero-order valence-corrected chi connectivity index (χ0v) is 11.6. The Bertz CT molecular complexity index is 324. The van der Waals surface area contributed by atoms with Crippen molar-refractivity contribution < 1.29 is 10.0 Å². The number of rotatable bonds is 2. The lowest BCUT2D eigenvalue weighted by Gasteiger charge is -2.35. The summed E-state index contributed by atoms with van der Waals surface area (Å²) in [6.07, 6.45) is 5.72. The summed E-state index contributed by atoms with van der Waals surface area (Å²) in [5.74, 6) is 0.0676. The molecule has 0 saturated heterocycles. The zero-order valence-electron chi connectivity index (χ0n) is 11.6. The number of carbonyl (C=O) groups is 1. The smallest absolute Gasteiger partial charge is 0.226 e. The van der Waals surface area contributed by atoms with Crippen LogP contribution in [-0.2, 0) is 4.79 Å². The number of oxime groups is 1. The minimum Gasteiger partial charge on any atom is -0.409 e. The quantitative estimate of drug-likeness (QED) is 0.232. The number of carbonyl (C=O) groups excluding carboxylic acids is 1. The molecular formula is C13H25N3O2. The van der Waals surface area contributed by atoms with E-state index in [1.165, 1.54) is 0 Å². The van der Waals surface area contributed by atoms with E-state index in [9.17, 15) is 4.79 Å². The van der Waals surface area contributed by atoms with Crippen molar-refractivity contribution in [2.45, 2.75) is 64.8 Å². The third kappa shape index (κ3) is 3.37. The summed E-state index contributed by atoms with van der Waals surface area (Å²) in [4.78, 5) is 12.2. The molecule has 0 radical (unpaired) electrons. The van der Waals surface area contributed by atoms with Crippen LogP contribution in [0.5, 0.6) is 0 Å². The Balaban J connectivity index is 2.94. The van der Waals surface area contributed by atoms with Crippen LogP contribution in [0.1, 0.15) is 59.3 Å². The molecule has 1 saturated carbocycles. The molecule has 0 unspecified atom stereocenters. The molecule has 5 nitrogen and oxygen atoms in total. The Morgan fingerprint density at radius 2 is 1.72 bits per heavy atom. The molecule has 1 amide bonds. The van der Waals surface area contributed by atoms with Gasteiger partial charge < -0.3 is 16.3 Å². The van der Waals surface area contributed by atoms with E-state index in [0.717, 1.165) is 38.5 Å². The predicted octanol–water partition coefficient (Wildman–Crippen LogP) is 1.99. The SMILES string of the molecule is CC(C)(C)C(=O)NC1(/C(N)=N/O)CCCCCC1. The molecule has 104 valence electrons. The number of hydrogen-bond acceptors (Lipinski definition) is 3. The number of hydrogen-bond donors (Lipinski definition) is 3. The molecule has 0 atom stereocenters. The summed E-state index contributed by atoms with van der Waals surface area (Å²) in [5, 5.41) is 15.1.